The second-order valence-corrected chi connectivity index (χ2v) is 7.32. The molecule has 1 aliphatic rings. The van der Waals surface area contributed by atoms with Crippen molar-refractivity contribution in [3.8, 4) is 0 Å². The Morgan fingerprint density at radius 1 is 1.32 bits per heavy atom. The van der Waals surface area contributed by atoms with Gasteiger partial charge in [0.25, 0.3) is 0 Å². The number of piperidine rings is 1. The molecule has 1 aromatic carbocycles. The van der Waals surface area contributed by atoms with Crippen molar-refractivity contribution in [1.29, 1.82) is 0 Å². The first kappa shape index (κ1) is 16.9. The van der Waals surface area contributed by atoms with E-state index in [9.17, 15) is 13.2 Å². The van der Waals surface area contributed by atoms with Crippen molar-refractivity contribution >= 4 is 15.9 Å². The number of amides is 1. The molecular weight excluding hydrogens is 304 g/mol. The topological polar surface area (TPSA) is 86.7 Å². The third-order valence-electron chi connectivity index (χ3n) is 3.77. The number of benzene rings is 1. The molecule has 0 aromatic heterocycles. The summed E-state index contributed by atoms with van der Waals surface area (Å²) in [7, 11) is -3.54. The quantitative estimate of drug-likeness (QED) is 0.749. The molecule has 0 bridgehead atoms. The minimum Gasteiger partial charge on any atom is -0.396 e. The van der Waals surface area contributed by atoms with Crippen LogP contribution in [-0.2, 0) is 14.8 Å². The lowest BCUT2D eigenvalue weighted by molar-refractivity contribution is -0.126. The van der Waals surface area contributed by atoms with Gasteiger partial charge in [-0.3, -0.25) is 4.79 Å². The molecule has 1 aromatic rings. The molecule has 0 radical (unpaired) electrons. The minimum absolute atomic E-state index is 0.0272. The van der Waals surface area contributed by atoms with E-state index in [1.165, 1.54) is 4.31 Å². The molecule has 1 saturated heterocycles. The van der Waals surface area contributed by atoms with Gasteiger partial charge in [0.05, 0.1) is 10.8 Å². The van der Waals surface area contributed by atoms with Crippen LogP contribution in [0.25, 0.3) is 0 Å². The Balaban J connectivity index is 2.03. The maximum absolute atomic E-state index is 12.6. The standard InChI is InChI=1S/C15H22N2O4S/c18-11-5-9-16-15(19)13-6-4-10-17(12-13)22(20,21)14-7-2-1-3-8-14/h1-3,7-8,13,18H,4-6,9-12H2,(H,16,19)/t13-/m0/s1. The fraction of sp³-hybridized carbons (Fsp3) is 0.533. The molecule has 0 aliphatic carbocycles. The highest BCUT2D eigenvalue weighted by molar-refractivity contribution is 7.89. The number of hydrogen-bond acceptors (Lipinski definition) is 4. The fourth-order valence-electron chi connectivity index (χ4n) is 2.55. The van der Waals surface area contributed by atoms with Crippen molar-refractivity contribution in [3.63, 3.8) is 0 Å². The van der Waals surface area contributed by atoms with Gasteiger partial charge in [-0.2, -0.15) is 4.31 Å². The van der Waals surface area contributed by atoms with E-state index in [1.807, 2.05) is 0 Å². The molecule has 1 amide bonds. The predicted molar refractivity (Wildman–Crippen MR) is 82.6 cm³/mol. The summed E-state index contributed by atoms with van der Waals surface area (Å²) in [5.41, 5.74) is 0. The van der Waals surface area contributed by atoms with Crippen molar-refractivity contribution in [2.45, 2.75) is 24.2 Å². The lowest BCUT2D eigenvalue weighted by Crippen LogP contribution is -2.45. The number of sulfonamides is 1. The van der Waals surface area contributed by atoms with Gasteiger partial charge in [0, 0.05) is 26.2 Å². The zero-order chi connectivity index (χ0) is 16.0. The van der Waals surface area contributed by atoms with E-state index in [0.29, 0.717) is 32.4 Å². The molecule has 0 spiro atoms. The summed E-state index contributed by atoms with van der Waals surface area (Å²) in [6, 6.07) is 8.29. The summed E-state index contributed by atoms with van der Waals surface area (Å²) in [5, 5.41) is 11.5. The van der Waals surface area contributed by atoms with E-state index < -0.39 is 10.0 Å². The molecular formula is C15H22N2O4S. The fourth-order valence-corrected chi connectivity index (χ4v) is 4.10. The van der Waals surface area contributed by atoms with Crippen molar-refractivity contribution in [2.75, 3.05) is 26.2 Å². The van der Waals surface area contributed by atoms with E-state index in [2.05, 4.69) is 5.32 Å². The molecule has 1 aliphatic heterocycles. The SMILES string of the molecule is O=C(NCCCO)[C@H]1CCCN(S(=O)(=O)c2ccccc2)C1. The number of nitrogens with zero attached hydrogens (tertiary/aromatic N) is 1. The number of rotatable bonds is 6. The molecule has 1 atom stereocenters. The van der Waals surface area contributed by atoms with Crippen molar-refractivity contribution in [1.82, 2.24) is 9.62 Å². The van der Waals surface area contributed by atoms with E-state index in [4.69, 9.17) is 5.11 Å². The van der Waals surface area contributed by atoms with E-state index in [-0.39, 0.29) is 29.9 Å². The smallest absolute Gasteiger partial charge is 0.243 e. The van der Waals surface area contributed by atoms with Crippen LogP contribution < -0.4 is 5.32 Å². The number of hydrogen-bond donors (Lipinski definition) is 2. The molecule has 22 heavy (non-hydrogen) atoms. The van der Waals surface area contributed by atoms with E-state index >= 15 is 0 Å². The summed E-state index contributed by atoms with van der Waals surface area (Å²) in [6.07, 6.45) is 1.86. The third kappa shape index (κ3) is 4.06. The van der Waals surface area contributed by atoms with Gasteiger partial charge in [0.2, 0.25) is 15.9 Å². The zero-order valence-corrected chi connectivity index (χ0v) is 13.3. The monoisotopic (exact) mass is 326 g/mol. The maximum Gasteiger partial charge on any atom is 0.243 e. The van der Waals surface area contributed by atoms with Crippen LogP contribution in [-0.4, -0.2) is 50.0 Å². The third-order valence-corrected chi connectivity index (χ3v) is 5.65. The highest BCUT2D eigenvalue weighted by atomic mass is 32.2. The number of carbonyl (C=O) groups excluding carboxylic acids is 1. The predicted octanol–water partition coefficient (Wildman–Crippen LogP) is 0.586. The van der Waals surface area contributed by atoms with E-state index in [1.54, 1.807) is 30.3 Å². The van der Waals surface area contributed by atoms with Crippen LogP contribution in [0.3, 0.4) is 0 Å². The lowest BCUT2D eigenvalue weighted by Gasteiger charge is -2.31. The highest BCUT2D eigenvalue weighted by Crippen LogP contribution is 2.23. The molecule has 2 rings (SSSR count). The van der Waals surface area contributed by atoms with Gasteiger partial charge in [0.1, 0.15) is 0 Å². The van der Waals surface area contributed by atoms with Crippen molar-refractivity contribution in [3.05, 3.63) is 30.3 Å². The number of carbonyl (C=O) groups is 1. The highest BCUT2D eigenvalue weighted by Gasteiger charge is 2.32. The van der Waals surface area contributed by atoms with Crippen molar-refractivity contribution < 1.29 is 18.3 Å². The molecule has 7 heteroatoms. The van der Waals surface area contributed by atoms with Gasteiger partial charge >= 0.3 is 0 Å². The summed E-state index contributed by atoms with van der Waals surface area (Å²) in [4.78, 5) is 12.3. The van der Waals surface area contributed by atoms with Crippen LogP contribution in [0, 0.1) is 5.92 Å². The average Bonchev–Trinajstić information content (AvgIpc) is 2.56. The molecule has 0 saturated carbocycles. The largest absolute Gasteiger partial charge is 0.396 e. The second kappa shape index (κ2) is 7.71. The van der Waals surface area contributed by atoms with Crippen LogP contribution in [0.15, 0.2) is 35.2 Å². The molecule has 2 N–H and O–H groups in total. The first-order valence-electron chi connectivity index (χ1n) is 7.49. The van der Waals surface area contributed by atoms with Crippen LogP contribution in [0.1, 0.15) is 19.3 Å². The summed E-state index contributed by atoms with van der Waals surface area (Å²) >= 11 is 0. The van der Waals surface area contributed by atoms with Gasteiger partial charge in [-0.25, -0.2) is 8.42 Å². The Labute approximate surface area is 131 Å². The summed E-state index contributed by atoms with van der Waals surface area (Å²) in [6.45, 7) is 1.09. The molecule has 1 heterocycles. The first-order valence-corrected chi connectivity index (χ1v) is 8.93. The lowest BCUT2D eigenvalue weighted by atomic mass is 9.99. The maximum atomic E-state index is 12.6. The van der Waals surface area contributed by atoms with Crippen LogP contribution >= 0.6 is 0 Å². The molecule has 6 nitrogen and oxygen atoms in total. The zero-order valence-electron chi connectivity index (χ0n) is 12.4. The molecule has 0 unspecified atom stereocenters. The van der Waals surface area contributed by atoms with Crippen molar-refractivity contribution in [2.24, 2.45) is 5.92 Å². The normalized spacial score (nSPS) is 19.8. The second-order valence-electron chi connectivity index (χ2n) is 5.38. The van der Waals surface area contributed by atoms with Gasteiger partial charge in [-0.15, -0.1) is 0 Å². The first-order chi connectivity index (χ1) is 10.6. The number of nitrogens with one attached hydrogen (secondary N) is 1. The Kier molecular flexibility index (Phi) is 5.93. The summed E-state index contributed by atoms with van der Waals surface area (Å²) in [5.74, 6) is -0.465. The summed E-state index contributed by atoms with van der Waals surface area (Å²) < 4.78 is 26.5. The number of aliphatic hydroxyl groups is 1. The van der Waals surface area contributed by atoms with Crippen LogP contribution in [0.2, 0.25) is 0 Å². The van der Waals surface area contributed by atoms with Gasteiger partial charge in [-0.1, -0.05) is 18.2 Å². The Hall–Kier alpha value is -1.44. The Morgan fingerprint density at radius 2 is 2.05 bits per heavy atom. The van der Waals surface area contributed by atoms with E-state index in [0.717, 1.165) is 0 Å². The minimum atomic E-state index is -3.54. The van der Waals surface area contributed by atoms with Crippen LogP contribution in [0.5, 0.6) is 0 Å². The number of aliphatic hydroxyl groups excluding tert-OH is 1. The van der Waals surface area contributed by atoms with Gasteiger partial charge in [0.15, 0.2) is 0 Å². The Morgan fingerprint density at radius 3 is 2.73 bits per heavy atom. The van der Waals surface area contributed by atoms with Crippen LogP contribution in [0.4, 0.5) is 0 Å². The Bertz CT molecular complexity index is 589. The molecule has 122 valence electrons. The van der Waals surface area contributed by atoms with Gasteiger partial charge < -0.3 is 10.4 Å². The average molecular weight is 326 g/mol. The molecule has 1 fully saturated rings. The van der Waals surface area contributed by atoms with Gasteiger partial charge in [-0.05, 0) is 31.4 Å².